The molecule has 0 radical (unpaired) electrons. The number of hydrogen-bond donors (Lipinski definition) is 1. The number of nitrogens with zero attached hydrogens (tertiary/aromatic N) is 3. The first-order valence-corrected chi connectivity index (χ1v) is 4.99. The summed E-state index contributed by atoms with van der Waals surface area (Å²) in [5.74, 6) is 0.805. The van der Waals surface area contributed by atoms with E-state index in [9.17, 15) is 0 Å². The van der Waals surface area contributed by atoms with Gasteiger partial charge in [0.15, 0.2) is 0 Å². The molecule has 0 saturated heterocycles. The molecular weight excluding hydrogens is 188 g/mol. The lowest BCUT2D eigenvalue weighted by Crippen LogP contribution is -2.06. The SMILES string of the molecule is C/C=C/CCNc1c(C#N)c(C)nn1C. The molecule has 1 N–H and O–H groups in total. The number of hydrogen-bond acceptors (Lipinski definition) is 3. The van der Waals surface area contributed by atoms with Crippen molar-refractivity contribution < 1.29 is 0 Å². The zero-order chi connectivity index (χ0) is 11.3. The minimum atomic E-state index is 0.637. The zero-order valence-corrected chi connectivity index (χ0v) is 9.41. The lowest BCUT2D eigenvalue weighted by Gasteiger charge is -2.04. The number of aromatic nitrogens is 2. The van der Waals surface area contributed by atoms with Gasteiger partial charge in [0.1, 0.15) is 17.5 Å². The third-order valence-electron chi connectivity index (χ3n) is 2.17. The molecule has 1 heterocycles. The molecule has 0 spiro atoms. The molecule has 1 aromatic rings. The average molecular weight is 204 g/mol. The standard InChI is InChI=1S/C11H16N4/c1-4-5-6-7-13-11-10(8-12)9(2)14-15(11)3/h4-5,13H,6-7H2,1-3H3/b5-4+. The first-order valence-electron chi connectivity index (χ1n) is 4.99. The van der Waals surface area contributed by atoms with E-state index in [2.05, 4.69) is 22.6 Å². The van der Waals surface area contributed by atoms with Crippen LogP contribution in [-0.2, 0) is 7.05 Å². The lowest BCUT2D eigenvalue weighted by atomic mass is 10.2. The van der Waals surface area contributed by atoms with Gasteiger partial charge in [0.05, 0.1) is 5.69 Å². The van der Waals surface area contributed by atoms with Gasteiger partial charge < -0.3 is 5.32 Å². The van der Waals surface area contributed by atoms with Gasteiger partial charge in [-0.1, -0.05) is 12.2 Å². The third-order valence-corrected chi connectivity index (χ3v) is 2.17. The Balaban J connectivity index is 2.72. The van der Waals surface area contributed by atoms with Gasteiger partial charge >= 0.3 is 0 Å². The van der Waals surface area contributed by atoms with Crippen LogP contribution < -0.4 is 5.32 Å². The van der Waals surface area contributed by atoms with Crippen molar-refractivity contribution in [3.05, 3.63) is 23.4 Å². The van der Waals surface area contributed by atoms with Crippen LogP contribution in [0.15, 0.2) is 12.2 Å². The number of aryl methyl sites for hydroxylation is 2. The van der Waals surface area contributed by atoms with Crippen LogP contribution >= 0.6 is 0 Å². The Hall–Kier alpha value is -1.76. The van der Waals surface area contributed by atoms with E-state index in [1.165, 1.54) is 0 Å². The highest BCUT2D eigenvalue weighted by atomic mass is 15.3. The maximum absolute atomic E-state index is 8.96. The van der Waals surface area contributed by atoms with Crippen molar-refractivity contribution >= 4 is 5.82 Å². The van der Waals surface area contributed by atoms with Gasteiger partial charge in [-0.3, -0.25) is 4.68 Å². The Bertz CT molecular complexity index is 395. The molecule has 0 amide bonds. The molecule has 0 atom stereocenters. The van der Waals surface area contributed by atoms with Crippen molar-refractivity contribution in [1.29, 1.82) is 5.26 Å². The van der Waals surface area contributed by atoms with Crippen LogP contribution in [0.2, 0.25) is 0 Å². The fourth-order valence-electron chi connectivity index (χ4n) is 1.44. The number of allylic oxidation sites excluding steroid dienone is 1. The summed E-state index contributed by atoms with van der Waals surface area (Å²) < 4.78 is 1.71. The zero-order valence-electron chi connectivity index (χ0n) is 9.41. The van der Waals surface area contributed by atoms with Crippen molar-refractivity contribution in [2.75, 3.05) is 11.9 Å². The van der Waals surface area contributed by atoms with Crippen LogP contribution in [0.3, 0.4) is 0 Å². The Morgan fingerprint density at radius 1 is 1.60 bits per heavy atom. The third kappa shape index (κ3) is 2.59. The van der Waals surface area contributed by atoms with E-state index in [0.29, 0.717) is 5.56 Å². The molecule has 4 nitrogen and oxygen atoms in total. The van der Waals surface area contributed by atoms with Crippen molar-refractivity contribution in [2.24, 2.45) is 7.05 Å². The predicted molar refractivity (Wildman–Crippen MR) is 60.6 cm³/mol. The monoisotopic (exact) mass is 204 g/mol. The smallest absolute Gasteiger partial charge is 0.142 e. The van der Waals surface area contributed by atoms with Crippen molar-refractivity contribution in [3.8, 4) is 6.07 Å². The van der Waals surface area contributed by atoms with Gasteiger partial charge in [0.2, 0.25) is 0 Å². The fourth-order valence-corrected chi connectivity index (χ4v) is 1.44. The number of nitriles is 1. The number of nitrogens with one attached hydrogen (secondary N) is 1. The summed E-state index contributed by atoms with van der Waals surface area (Å²) in [5, 5.41) is 16.4. The molecule has 1 aromatic heterocycles. The topological polar surface area (TPSA) is 53.6 Å². The summed E-state index contributed by atoms with van der Waals surface area (Å²) in [6.45, 7) is 4.66. The van der Waals surface area contributed by atoms with Crippen LogP contribution in [0.1, 0.15) is 24.6 Å². The van der Waals surface area contributed by atoms with Gasteiger partial charge in [-0.2, -0.15) is 10.4 Å². The molecule has 4 heteroatoms. The van der Waals surface area contributed by atoms with E-state index >= 15 is 0 Å². The summed E-state index contributed by atoms with van der Waals surface area (Å²) in [5.41, 5.74) is 1.41. The highest BCUT2D eigenvalue weighted by Crippen LogP contribution is 2.16. The molecule has 1 rings (SSSR count). The molecule has 0 aliphatic rings. The molecule has 0 saturated carbocycles. The molecule has 0 aromatic carbocycles. The van der Waals surface area contributed by atoms with Crippen molar-refractivity contribution in [3.63, 3.8) is 0 Å². The second-order valence-electron chi connectivity index (χ2n) is 3.33. The van der Waals surface area contributed by atoms with Gasteiger partial charge in [-0.05, 0) is 20.3 Å². The minimum absolute atomic E-state index is 0.637. The van der Waals surface area contributed by atoms with Crippen molar-refractivity contribution in [1.82, 2.24) is 9.78 Å². The van der Waals surface area contributed by atoms with Gasteiger partial charge in [-0.15, -0.1) is 0 Å². The van der Waals surface area contributed by atoms with E-state index in [0.717, 1.165) is 24.5 Å². The van der Waals surface area contributed by atoms with Crippen molar-refractivity contribution in [2.45, 2.75) is 20.3 Å². The molecule has 0 bridgehead atoms. The summed E-state index contributed by atoms with van der Waals surface area (Å²) in [6.07, 6.45) is 5.05. The van der Waals surface area contributed by atoms with E-state index in [4.69, 9.17) is 5.26 Å². The molecule has 0 aliphatic carbocycles. The minimum Gasteiger partial charge on any atom is -0.369 e. The molecule has 0 unspecified atom stereocenters. The summed E-state index contributed by atoms with van der Waals surface area (Å²) in [6, 6.07) is 2.16. The van der Waals surface area contributed by atoms with E-state index in [1.807, 2.05) is 27.0 Å². The lowest BCUT2D eigenvalue weighted by molar-refractivity contribution is 0.758. The quantitative estimate of drug-likeness (QED) is 0.602. The second kappa shape index (κ2) is 5.20. The maximum atomic E-state index is 8.96. The Morgan fingerprint density at radius 2 is 2.33 bits per heavy atom. The fraction of sp³-hybridized carbons (Fsp3) is 0.455. The highest BCUT2D eigenvalue weighted by Gasteiger charge is 2.11. The van der Waals surface area contributed by atoms with Crippen LogP contribution in [0.5, 0.6) is 0 Å². The molecule has 80 valence electrons. The molecular formula is C11H16N4. The average Bonchev–Trinajstić information content (AvgIpc) is 2.48. The van der Waals surface area contributed by atoms with E-state index in [-0.39, 0.29) is 0 Å². The second-order valence-corrected chi connectivity index (χ2v) is 3.33. The summed E-state index contributed by atoms with van der Waals surface area (Å²) in [4.78, 5) is 0. The molecule has 0 aliphatic heterocycles. The van der Waals surface area contributed by atoms with Gasteiger partial charge in [0, 0.05) is 13.6 Å². The van der Waals surface area contributed by atoms with Crippen LogP contribution in [0, 0.1) is 18.3 Å². The number of rotatable bonds is 4. The van der Waals surface area contributed by atoms with Gasteiger partial charge in [-0.25, -0.2) is 0 Å². The number of anilines is 1. The normalized spacial score (nSPS) is 10.5. The Labute approximate surface area is 90.2 Å². The maximum Gasteiger partial charge on any atom is 0.142 e. The van der Waals surface area contributed by atoms with Crippen LogP contribution in [0.4, 0.5) is 5.82 Å². The van der Waals surface area contributed by atoms with Gasteiger partial charge in [0.25, 0.3) is 0 Å². The van der Waals surface area contributed by atoms with E-state index < -0.39 is 0 Å². The summed E-state index contributed by atoms with van der Waals surface area (Å²) >= 11 is 0. The first-order chi connectivity index (χ1) is 7.20. The summed E-state index contributed by atoms with van der Waals surface area (Å²) in [7, 11) is 1.84. The largest absolute Gasteiger partial charge is 0.369 e. The van der Waals surface area contributed by atoms with E-state index in [1.54, 1.807) is 4.68 Å². The predicted octanol–water partition coefficient (Wildman–Crippen LogP) is 1.98. The Kier molecular flexibility index (Phi) is 3.92. The Morgan fingerprint density at radius 3 is 2.93 bits per heavy atom. The van der Waals surface area contributed by atoms with Crippen LogP contribution in [-0.4, -0.2) is 16.3 Å². The highest BCUT2D eigenvalue weighted by molar-refractivity contribution is 5.54. The molecule has 0 fully saturated rings. The molecule has 15 heavy (non-hydrogen) atoms. The first kappa shape index (κ1) is 11.3. The van der Waals surface area contributed by atoms with Crippen LogP contribution in [0.25, 0.3) is 0 Å².